The van der Waals surface area contributed by atoms with Crippen LogP contribution in [0.3, 0.4) is 0 Å². The molecular formula is C11H18N2. The summed E-state index contributed by atoms with van der Waals surface area (Å²) in [6.45, 7) is 0.889. The smallest absolute Gasteiger partial charge is 0.0573 e. The summed E-state index contributed by atoms with van der Waals surface area (Å²) in [6, 6.07) is 5.72. The van der Waals surface area contributed by atoms with E-state index in [1.165, 1.54) is 0 Å². The minimum Gasteiger partial charge on any atom is -0.289 e. The molecule has 1 aliphatic heterocycles. The van der Waals surface area contributed by atoms with Crippen LogP contribution in [0, 0.1) is 0 Å². The van der Waals surface area contributed by atoms with Crippen LogP contribution in [0.1, 0.15) is 14.9 Å². The van der Waals surface area contributed by atoms with E-state index >= 15 is 0 Å². The second kappa shape index (κ2) is 10.6. The van der Waals surface area contributed by atoms with Gasteiger partial charge in [0.15, 0.2) is 0 Å². The van der Waals surface area contributed by atoms with Crippen LogP contribution in [-0.4, -0.2) is 17.7 Å². The molecule has 0 radical (unpaired) electrons. The highest BCUT2D eigenvalue weighted by Crippen LogP contribution is 1.78. The van der Waals surface area contributed by atoms with Crippen molar-refractivity contribution in [1.82, 2.24) is 4.98 Å². The zero-order chi connectivity index (χ0) is 7.78. The maximum atomic E-state index is 3.85. The molecule has 0 aliphatic carbocycles. The van der Waals surface area contributed by atoms with Crippen LogP contribution in [0.2, 0.25) is 0 Å². The molecule has 13 heavy (non-hydrogen) atoms. The van der Waals surface area contributed by atoms with Crippen molar-refractivity contribution in [3.63, 3.8) is 0 Å². The highest BCUT2D eigenvalue weighted by molar-refractivity contribution is 5.73. The van der Waals surface area contributed by atoms with Gasteiger partial charge < -0.3 is 0 Å². The Balaban J connectivity index is 0. The number of nitrogens with zero attached hydrogens (tertiary/aromatic N) is 2. The van der Waals surface area contributed by atoms with Crippen LogP contribution < -0.4 is 0 Å². The molecule has 0 saturated carbocycles. The molecule has 2 rings (SSSR count). The van der Waals surface area contributed by atoms with E-state index in [4.69, 9.17) is 0 Å². The fourth-order valence-electron chi connectivity index (χ4n) is 0.617. The third kappa shape index (κ3) is 8.47. The number of hydrogen-bond acceptors (Lipinski definition) is 2. The highest BCUT2D eigenvalue weighted by Gasteiger charge is 1.72. The summed E-state index contributed by atoms with van der Waals surface area (Å²) in [4.78, 5) is 7.63. The molecule has 0 saturated heterocycles. The van der Waals surface area contributed by atoms with Gasteiger partial charge in [-0.05, 0) is 18.2 Å². The summed E-state index contributed by atoms with van der Waals surface area (Å²) in [5.41, 5.74) is 0. The Bertz CT molecular complexity index is 190. The molecule has 72 valence electrons. The van der Waals surface area contributed by atoms with E-state index in [0.717, 1.165) is 6.54 Å². The van der Waals surface area contributed by atoms with E-state index in [2.05, 4.69) is 9.98 Å². The van der Waals surface area contributed by atoms with Crippen molar-refractivity contribution in [3.8, 4) is 0 Å². The fraction of sp³-hybridized carbons (Fsp3) is 0.273. The molecule has 0 amide bonds. The lowest BCUT2D eigenvalue weighted by Crippen LogP contribution is -1.58. The number of pyridine rings is 1. The van der Waals surface area contributed by atoms with Gasteiger partial charge in [0.05, 0.1) is 6.54 Å². The van der Waals surface area contributed by atoms with Gasteiger partial charge in [0.1, 0.15) is 0 Å². The normalized spacial score (nSPS) is 10.5. The number of aliphatic imine (C=N–C) groups is 1. The van der Waals surface area contributed by atoms with Gasteiger partial charge in [-0.15, -0.1) is 0 Å². The largest absolute Gasteiger partial charge is 0.289 e. The van der Waals surface area contributed by atoms with Crippen LogP contribution in [0.5, 0.6) is 0 Å². The zero-order valence-electron chi connectivity index (χ0n) is 6.22. The molecule has 0 bridgehead atoms. The third-order valence-corrected chi connectivity index (χ3v) is 1.10. The Morgan fingerprint density at radius 1 is 0.923 bits per heavy atom. The summed E-state index contributed by atoms with van der Waals surface area (Å²) >= 11 is 0. The number of aromatic nitrogens is 1. The Hall–Kier alpha value is -1.44. The van der Waals surface area contributed by atoms with E-state index in [1.54, 1.807) is 18.6 Å². The predicted octanol–water partition coefficient (Wildman–Crippen LogP) is 2.98. The van der Waals surface area contributed by atoms with Crippen LogP contribution in [0.25, 0.3) is 0 Å². The monoisotopic (exact) mass is 178 g/mol. The van der Waals surface area contributed by atoms with Gasteiger partial charge in [-0.3, -0.25) is 9.98 Å². The van der Waals surface area contributed by atoms with Crippen molar-refractivity contribution >= 4 is 6.21 Å². The number of allylic oxidation sites excluding steroid dienone is 1. The molecule has 1 aliphatic rings. The molecule has 1 aromatic heterocycles. The molecule has 2 heteroatoms. The number of hydrogen-bond donors (Lipinski definition) is 0. The van der Waals surface area contributed by atoms with Gasteiger partial charge in [-0.2, -0.15) is 0 Å². The van der Waals surface area contributed by atoms with Gasteiger partial charge in [0.2, 0.25) is 0 Å². The van der Waals surface area contributed by atoms with Crippen molar-refractivity contribution in [2.75, 3.05) is 6.54 Å². The predicted molar refractivity (Wildman–Crippen MR) is 60.2 cm³/mol. The summed E-state index contributed by atoms with van der Waals surface area (Å²) < 4.78 is 0. The second-order valence-corrected chi connectivity index (χ2v) is 1.97. The maximum Gasteiger partial charge on any atom is 0.0573 e. The lowest BCUT2D eigenvalue weighted by Gasteiger charge is -1.70. The summed E-state index contributed by atoms with van der Waals surface area (Å²) in [6.07, 6.45) is 9.26. The molecule has 0 aromatic carbocycles. The summed E-state index contributed by atoms with van der Waals surface area (Å²) in [5.74, 6) is 0. The highest BCUT2D eigenvalue weighted by atomic mass is 14.7. The van der Waals surface area contributed by atoms with Crippen molar-refractivity contribution in [2.45, 2.75) is 14.9 Å². The summed E-state index contributed by atoms with van der Waals surface area (Å²) in [5, 5.41) is 0. The van der Waals surface area contributed by atoms with Crippen molar-refractivity contribution < 1.29 is 0 Å². The number of rotatable bonds is 0. The Morgan fingerprint density at radius 2 is 1.62 bits per heavy atom. The molecule has 1 aromatic rings. The molecule has 0 fully saturated rings. The van der Waals surface area contributed by atoms with Gasteiger partial charge in [0, 0.05) is 18.6 Å². The minimum atomic E-state index is 0. The molecular weight excluding hydrogens is 160 g/mol. The van der Waals surface area contributed by atoms with E-state index in [0.29, 0.717) is 0 Å². The fourth-order valence-corrected chi connectivity index (χ4v) is 0.617. The SMILES string of the molecule is C.C.C1=CCN=C1.c1ccncc1. The molecule has 2 nitrogen and oxygen atoms in total. The Kier molecular flexibility index (Phi) is 11.5. The quantitative estimate of drug-likeness (QED) is 0.599. The minimum absolute atomic E-state index is 0. The van der Waals surface area contributed by atoms with Gasteiger partial charge in [0.25, 0.3) is 0 Å². The van der Waals surface area contributed by atoms with Crippen LogP contribution in [0.15, 0.2) is 47.7 Å². The molecule has 2 heterocycles. The molecule has 0 spiro atoms. The standard InChI is InChI=1S/C5H5N.C4H5N.2CH4/c1-2-4-6-5-3-1;1-2-4-5-3-1;;/h1-5H;1-3H,4H2;2*1H4. The first-order chi connectivity index (χ1) is 5.50. The third-order valence-electron chi connectivity index (χ3n) is 1.10. The lowest BCUT2D eigenvalue weighted by molar-refractivity contribution is 1.29. The first-order valence-electron chi connectivity index (χ1n) is 3.50. The molecule has 0 N–H and O–H groups in total. The lowest BCUT2D eigenvalue weighted by atomic mass is 10.5. The second-order valence-electron chi connectivity index (χ2n) is 1.97. The van der Waals surface area contributed by atoms with Gasteiger partial charge >= 0.3 is 0 Å². The van der Waals surface area contributed by atoms with E-state index in [-0.39, 0.29) is 14.9 Å². The van der Waals surface area contributed by atoms with Gasteiger partial charge in [-0.25, -0.2) is 0 Å². The maximum absolute atomic E-state index is 3.85. The Labute approximate surface area is 81.1 Å². The van der Waals surface area contributed by atoms with E-state index in [1.807, 2.05) is 30.4 Å². The van der Waals surface area contributed by atoms with E-state index in [9.17, 15) is 0 Å². The van der Waals surface area contributed by atoms with Crippen LogP contribution >= 0.6 is 0 Å². The van der Waals surface area contributed by atoms with Gasteiger partial charge in [-0.1, -0.05) is 27.0 Å². The molecule has 0 unspecified atom stereocenters. The average Bonchev–Trinajstić information content (AvgIpc) is 2.64. The topological polar surface area (TPSA) is 25.2 Å². The average molecular weight is 178 g/mol. The first-order valence-corrected chi connectivity index (χ1v) is 3.50. The van der Waals surface area contributed by atoms with Crippen molar-refractivity contribution in [3.05, 3.63) is 42.7 Å². The zero-order valence-corrected chi connectivity index (χ0v) is 6.22. The van der Waals surface area contributed by atoms with Crippen molar-refractivity contribution in [1.29, 1.82) is 0 Å². The van der Waals surface area contributed by atoms with E-state index < -0.39 is 0 Å². The first kappa shape index (κ1) is 14.1. The molecule has 0 atom stereocenters. The van der Waals surface area contributed by atoms with Crippen molar-refractivity contribution in [2.24, 2.45) is 4.99 Å². The Morgan fingerprint density at radius 3 is 1.77 bits per heavy atom. The van der Waals surface area contributed by atoms with Crippen LogP contribution in [-0.2, 0) is 0 Å². The van der Waals surface area contributed by atoms with Crippen LogP contribution in [0.4, 0.5) is 0 Å². The summed E-state index contributed by atoms with van der Waals surface area (Å²) in [7, 11) is 0.